The maximum Gasteiger partial charge on any atom is 0.223 e. The Labute approximate surface area is 110 Å². The molecule has 0 aliphatic carbocycles. The van der Waals surface area contributed by atoms with Crippen molar-refractivity contribution in [1.82, 2.24) is 4.90 Å². The standard InChI is InChI=1S/C12H14F2N2O.ClH/c13-9-2-1-8(11(14)5-9)7-16-10(6-15)3-4-12(16)17;/h1-2,5,10H,3-4,6-7,15H2;1H. The molecule has 18 heavy (non-hydrogen) atoms. The summed E-state index contributed by atoms with van der Waals surface area (Å²) in [6.45, 7) is 0.529. The van der Waals surface area contributed by atoms with Gasteiger partial charge in [0.2, 0.25) is 5.91 Å². The number of carbonyl (C=O) groups is 1. The van der Waals surface area contributed by atoms with Crippen molar-refractivity contribution < 1.29 is 13.6 Å². The van der Waals surface area contributed by atoms with Gasteiger partial charge in [0.15, 0.2) is 0 Å². The van der Waals surface area contributed by atoms with Crippen LogP contribution in [0.5, 0.6) is 0 Å². The van der Waals surface area contributed by atoms with E-state index in [1.165, 1.54) is 12.1 Å². The number of hydrogen-bond donors (Lipinski definition) is 1. The van der Waals surface area contributed by atoms with Gasteiger partial charge in [-0.05, 0) is 12.5 Å². The molecule has 0 bridgehead atoms. The zero-order chi connectivity index (χ0) is 12.4. The summed E-state index contributed by atoms with van der Waals surface area (Å²) >= 11 is 0. The lowest BCUT2D eigenvalue weighted by molar-refractivity contribution is -0.129. The molecule has 3 nitrogen and oxygen atoms in total. The largest absolute Gasteiger partial charge is 0.334 e. The van der Waals surface area contributed by atoms with E-state index in [-0.39, 0.29) is 30.9 Å². The minimum Gasteiger partial charge on any atom is -0.334 e. The fourth-order valence-corrected chi connectivity index (χ4v) is 2.09. The summed E-state index contributed by atoms with van der Waals surface area (Å²) in [5.41, 5.74) is 5.87. The molecule has 0 aromatic heterocycles. The quantitative estimate of drug-likeness (QED) is 0.916. The van der Waals surface area contributed by atoms with Crippen LogP contribution in [0.2, 0.25) is 0 Å². The highest BCUT2D eigenvalue weighted by atomic mass is 35.5. The second-order valence-electron chi connectivity index (χ2n) is 4.19. The highest BCUT2D eigenvalue weighted by Crippen LogP contribution is 2.22. The summed E-state index contributed by atoms with van der Waals surface area (Å²) in [5, 5.41) is 0. The van der Waals surface area contributed by atoms with E-state index < -0.39 is 11.6 Å². The van der Waals surface area contributed by atoms with E-state index in [9.17, 15) is 13.6 Å². The molecule has 0 radical (unpaired) electrons. The van der Waals surface area contributed by atoms with Gasteiger partial charge in [0.25, 0.3) is 0 Å². The summed E-state index contributed by atoms with van der Waals surface area (Å²) in [7, 11) is 0. The Morgan fingerprint density at radius 3 is 2.72 bits per heavy atom. The molecule has 1 fully saturated rings. The number of rotatable bonds is 3. The van der Waals surface area contributed by atoms with Crippen molar-refractivity contribution in [1.29, 1.82) is 0 Å². The van der Waals surface area contributed by atoms with Crippen molar-refractivity contribution in [3.63, 3.8) is 0 Å². The second kappa shape index (κ2) is 6.11. The van der Waals surface area contributed by atoms with Gasteiger partial charge in [0, 0.05) is 37.2 Å². The van der Waals surface area contributed by atoms with Gasteiger partial charge in [-0.1, -0.05) is 6.07 Å². The van der Waals surface area contributed by atoms with Crippen LogP contribution >= 0.6 is 12.4 Å². The van der Waals surface area contributed by atoms with Crippen molar-refractivity contribution in [3.05, 3.63) is 35.4 Å². The van der Waals surface area contributed by atoms with E-state index in [4.69, 9.17) is 5.73 Å². The van der Waals surface area contributed by atoms with Crippen LogP contribution < -0.4 is 5.73 Å². The number of hydrogen-bond acceptors (Lipinski definition) is 2. The van der Waals surface area contributed by atoms with Gasteiger partial charge < -0.3 is 10.6 Å². The van der Waals surface area contributed by atoms with Gasteiger partial charge in [-0.3, -0.25) is 4.79 Å². The predicted molar refractivity (Wildman–Crippen MR) is 66.2 cm³/mol. The Morgan fingerprint density at radius 1 is 1.39 bits per heavy atom. The second-order valence-corrected chi connectivity index (χ2v) is 4.19. The molecule has 0 saturated carbocycles. The fraction of sp³-hybridized carbons (Fsp3) is 0.417. The van der Waals surface area contributed by atoms with Crippen LogP contribution in [0.25, 0.3) is 0 Å². The minimum atomic E-state index is -0.625. The first-order chi connectivity index (χ1) is 8.11. The Kier molecular flexibility index (Phi) is 5.04. The Morgan fingerprint density at radius 2 is 2.11 bits per heavy atom. The first-order valence-electron chi connectivity index (χ1n) is 5.55. The van der Waals surface area contributed by atoms with Crippen molar-refractivity contribution in [2.45, 2.75) is 25.4 Å². The number of likely N-dealkylation sites (tertiary alicyclic amines) is 1. The van der Waals surface area contributed by atoms with E-state index in [1.807, 2.05) is 0 Å². The molecule has 1 amide bonds. The average Bonchev–Trinajstić information content (AvgIpc) is 2.64. The fourth-order valence-electron chi connectivity index (χ4n) is 2.09. The van der Waals surface area contributed by atoms with Crippen LogP contribution in [0.1, 0.15) is 18.4 Å². The van der Waals surface area contributed by atoms with Crippen LogP contribution in [0.15, 0.2) is 18.2 Å². The van der Waals surface area contributed by atoms with Gasteiger partial charge in [-0.2, -0.15) is 0 Å². The van der Waals surface area contributed by atoms with Crippen molar-refractivity contribution in [2.24, 2.45) is 5.73 Å². The molecule has 6 heteroatoms. The molecule has 1 aromatic rings. The van der Waals surface area contributed by atoms with Crippen molar-refractivity contribution in [2.75, 3.05) is 6.54 Å². The Bertz CT molecular complexity index is 442. The summed E-state index contributed by atoms with van der Waals surface area (Å²) in [4.78, 5) is 13.2. The van der Waals surface area contributed by atoms with Crippen molar-refractivity contribution >= 4 is 18.3 Å². The molecular weight excluding hydrogens is 262 g/mol. The third kappa shape index (κ3) is 2.97. The topological polar surface area (TPSA) is 46.3 Å². The van der Waals surface area contributed by atoms with Crippen LogP contribution in [-0.2, 0) is 11.3 Å². The average molecular weight is 277 g/mol. The molecule has 100 valence electrons. The highest BCUT2D eigenvalue weighted by Gasteiger charge is 2.30. The summed E-state index contributed by atoms with van der Waals surface area (Å²) in [6, 6.07) is 3.35. The maximum atomic E-state index is 13.5. The molecule has 1 heterocycles. The Hall–Kier alpha value is -1.20. The molecular formula is C12H15ClF2N2O. The lowest BCUT2D eigenvalue weighted by atomic mass is 10.1. The molecule has 1 aliphatic rings. The highest BCUT2D eigenvalue weighted by molar-refractivity contribution is 5.85. The lowest BCUT2D eigenvalue weighted by Crippen LogP contribution is -2.37. The number of nitrogens with two attached hydrogens (primary N) is 1. The van der Waals surface area contributed by atoms with Gasteiger partial charge >= 0.3 is 0 Å². The SMILES string of the molecule is Cl.NCC1CCC(=O)N1Cc1ccc(F)cc1F. The van der Waals surface area contributed by atoms with E-state index in [0.717, 1.165) is 6.07 Å². The zero-order valence-electron chi connectivity index (χ0n) is 9.73. The summed E-state index contributed by atoms with van der Waals surface area (Å²) < 4.78 is 26.2. The normalized spacial score (nSPS) is 18.9. The lowest BCUT2D eigenvalue weighted by Gasteiger charge is -2.23. The van der Waals surface area contributed by atoms with E-state index in [1.54, 1.807) is 4.90 Å². The number of amides is 1. The van der Waals surface area contributed by atoms with Gasteiger partial charge in [-0.25, -0.2) is 8.78 Å². The number of nitrogens with zero attached hydrogens (tertiary/aromatic N) is 1. The van der Waals surface area contributed by atoms with Gasteiger partial charge in [-0.15, -0.1) is 12.4 Å². The number of benzene rings is 1. The van der Waals surface area contributed by atoms with E-state index >= 15 is 0 Å². The van der Waals surface area contributed by atoms with Crippen LogP contribution in [0.4, 0.5) is 8.78 Å². The molecule has 1 atom stereocenters. The van der Waals surface area contributed by atoms with Gasteiger partial charge in [0.1, 0.15) is 11.6 Å². The smallest absolute Gasteiger partial charge is 0.223 e. The zero-order valence-corrected chi connectivity index (χ0v) is 10.6. The molecule has 0 spiro atoms. The summed E-state index contributed by atoms with van der Waals surface area (Å²) in [5.74, 6) is -1.26. The molecule has 1 aliphatic heterocycles. The molecule has 2 rings (SSSR count). The molecule has 2 N–H and O–H groups in total. The molecule has 1 unspecified atom stereocenters. The number of carbonyl (C=O) groups excluding carboxylic acids is 1. The monoisotopic (exact) mass is 276 g/mol. The van der Waals surface area contributed by atoms with Crippen molar-refractivity contribution in [3.8, 4) is 0 Å². The summed E-state index contributed by atoms with van der Waals surface area (Å²) in [6.07, 6.45) is 1.16. The molecule has 1 aromatic carbocycles. The van der Waals surface area contributed by atoms with Crippen LogP contribution in [-0.4, -0.2) is 23.4 Å². The number of halogens is 3. The van der Waals surface area contributed by atoms with Crippen LogP contribution in [0, 0.1) is 11.6 Å². The molecule has 1 saturated heterocycles. The Balaban J connectivity index is 0.00000162. The van der Waals surface area contributed by atoms with E-state index in [0.29, 0.717) is 24.9 Å². The third-order valence-corrected chi connectivity index (χ3v) is 3.08. The maximum absolute atomic E-state index is 13.5. The minimum absolute atomic E-state index is 0. The third-order valence-electron chi connectivity index (χ3n) is 3.08. The first kappa shape index (κ1) is 14.9. The predicted octanol–water partition coefficient (Wildman–Crippen LogP) is 1.84. The van der Waals surface area contributed by atoms with Gasteiger partial charge in [0.05, 0.1) is 0 Å². The van der Waals surface area contributed by atoms with E-state index in [2.05, 4.69) is 0 Å². The first-order valence-corrected chi connectivity index (χ1v) is 5.55. The van der Waals surface area contributed by atoms with Crippen LogP contribution in [0.3, 0.4) is 0 Å².